The zero-order chi connectivity index (χ0) is 11.7. The zero-order valence-electron chi connectivity index (χ0n) is 9.56. The normalized spacial score (nSPS) is 10.7. The van der Waals surface area contributed by atoms with Crippen LogP contribution < -0.4 is 0 Å². The molecule has 4 heteroatoms. The molecule has 0 atom stereocenters. The van der Waals surface area contributed by atoms with Gasteiger partial charge in [-0.25, -0.2) is 0 Å². The average molecular weight is 231 g/mol. The van der Waals surface area contributed by atoms with Crippen molar-refractivity contribution in [3.8, 4) is 16.5 Å². The van der Waals surface area contributed by atoms with Crippen molar-refractivity contribution in [1.82, 2.24) is 9.78 Å². The molecule has 0 amide bonds. The van der Waals surface area contributed by atoms with Crippen molar-refractivity contribution >= 4 is 11.3 Å². The number of nitriles is 1. The van der Waals surface area contributed by atoms with Crippen LogP contribution in [0.3, 0.4) is 0 Å². The topological polar surface area (TPSA) is 41.6 Å². The maximum atomic E-state index is 8.82. The highest BCUT2D eigenvalue weighted by molar-refractivity contribution is 7.16. The highest BCUT2D eigenvalue weighted by Gasteiger charge is 2.14. The number of nitrogens with zero attached hydrogens (tertiary/aromatic N) is 3. The molecule has 0 radical (unpaired) electrons. The molecule has 0 saturated heterocycles. The third kappa shape index (κ3) is 1.86. The SMILES string of the molecule is CC(C)c1nn(C)cc1-c1ccc(C#N)s1. The molecule has 2 rings (SSSR count). The molecule has 3 nitrogen and oxygen atoms in total. The van der Waals surface area contributed by atoms with E-state index in [-0.39, 0.29) is 0 Å². The first-order valence-electron chi connectivity index (χ1n) is 5.15. The van der Waals surface area contributed by atoms with Crippen molar-refractivity contribution < 1.29 is 0 Å². The second-order valence-electron chi connectivity index (χ2n) is 4.03. The average Bonchev–Trinajstić information content (AvgIpc) is 2.82. The quantitative estimate of drug-likeness (QED) is 0.796. The number of rotatable bonds is 2. The van der Waals surface area contributed by atoms with Crippen LogP contribution in [0.2, 0.25) is 0 Å². The first kappa shape index (κ1) is 10.9. The van der Waals surface area contributed by atoms with E-state index in [1.165, 1.54) is 11.3 Å². The lowest BCUT2D eigenvalue weighted by Gasteiger charge is -2.02. The summed E-state index contributed by atoms with van der Waals surface area (Å²) in [5, 5.41) is 13.3. The lowest BCUT2D eigenvalue weighted by atomic mass is 10.1. The van der Waals surface area contributed by atoms with E-state index in [1.54, 1.807) is 0 Å². The first-order valence-corrected chi connectivity index (χ1v) is 5.97. The maximum absolute atomic E-state index is 8.82. The largest absolute Gasteiger partial charge is 0.275 e. The molecular formula is C12H13N3S. The molecule has 0 aliphatic carbocycles. The molecule has 0 fully saturated rings. The lowest BCUT2D eigenvalue weighted by molar-refractivity contribution is 0.713. The van der Waals surface area contributed by atoms with Gasteiger partial charge in [0.2, 0.25) is 0 Å². The second-order valence-corrected chi connectivity index (χ2v) is 5.12. The molecule has 0 unspecified atom stereocenters. The molecule has 0 N–H and O–H groups in total. The number of thiophene rings is 1. The summed E-state index contributed by atoms with van der Waals surface area (Å²) < 4.78 is 1.83. The van der Waals surface area contributed by atoms with E-state index in [0.717, 1.165) is 21.0 Å². The number of aryl methyl sites for hydroxylation is 1. The lowest BCUT2D eigenvalue weighted by Crippen LogP contribution is -1.93. The van der Waals surface area contributed by atoms with E-state index in [0.29, 0.717) is 5.92 Å². The number of hydrogen-bond donors (Lipinski definition) is 0. The standard InChI is InChI=1S/C12H13N3S/c1-8(2)12-10(7-15(3)14-12)11-5-4-9(6-13)16-11/h4-5,7-8H,1-3H3. The summed E-state index contributed by atoms with van der Waals surface area (Å²) in [7, 11) is 1.92. The molecule has 0 spiro atoms. The van der Waals surface area contributed by atoms with Crippen molar-refractivity contribution in [2.45, 2.75) is 19.8 Å². The summed E-state index contributed by atoms with van der Waals surface area (Å²) in [5.41, 5.74) is 2.23. The van der Waals surface area contributed by atoms with Gasteiger partial charge in [-0.15, -0.1) is 11.3 Å². The minimum atomic E-state index is 0.392. The maximum Gasteiger partial charge on any atom is 0.110 e. The van der Waals surface area contributed by atoms with E-state index in [4.69, 9.17) is 5.26 Å². The summed E-state index contributed by atoms with van der Waals surface area (Å²) in [5.74, 6) is 0.392. The van der Waals surface area contributed by atoms with E-state index in [9.17, 15) is 0 Å². The molecule has 0 aromatic carbocycles. The van der Waals surface area contributed by atoms with E-state index < -0.39 is 0 Å². The van der Waals surface area contributed by atoms with Crippen molar-refractivity contribution in [3.63, 3.8) is 0 Å². The minimum absolute atomic E-state index is 0.392. The van der Waals surface area contributed by atoms with Crippen LogP contribution in [-0.2, 0) is 7.05 Å². The van der Waals surface area contributed by atoms with Gasteiger partial charge in [0, 0.05) is 23.7 Å². The molecular weight excluding hydrogens is 218 g/mol. The van der Waals surface area contributed by atoms with Gasteiger partial charge in [0.15, 0.2) is 0 Å². The molecule has 2 aromatic heterocycles. The van der Waals surface area contributed by atoms with Crippen LogP contribution >= 0.6 is 11.3 Å². The molecule has 16 heavy (non-hydrogen) atoms. The molecule has 0 aliphatic rings. The number of hydrogen-bond acceptors (Lipinski definition) is 3. The van der Waals surface area contributed by atoms with E-state index in [1.807, 2.05) is 30.1 Å². The summed E-state index contributed by atoms with van der Waals surface area (Å²) in [6.45, 7) is 4.26. The van der Waals surface area contributed by atoms with Crippen molar-refractivity contribution in [3.05, 3.63) is 28.9 Å². The Morgan fingerprint density at radius 2 is 2.19 bits per heavy atom. The van der Waals surface area contributed by atoms with Crippen molar-refractivity contribution in [2.75, 3.05) is 0 Å². The van der Waals surface area contributed by atoms with Crippen LogP contribution in [-0.4, -0.2) is 9.78 Å². The van der Waals surface area contributed by atoms with Crippen LogP contribution in [0.15, 0.2) is 18.3 Å². The van der Waals surface area contributed by atoms with Gasteiger partial charge in [-0.1, -0.05) is 13.8 Å². The van der Waals surface area contributed by atoms with Crippen LogP contribution in [0, 0.1) is 11.3 Å². The van der Waals surface area contributed by atoms with Gasteiger partial charge in [0.25, 0.3) is 0 Å². The Balaban J connectivity index is 2.51. The van der Waals surface area contributed by atoms with Gasteiger partial charge in [-0.3, -0.25) is 4.68 Å². The Morgan fingerprint density at radius 1 is 1.44 bits per heavy atom. The number of aromatic nitrogens is 2. The Kier molecular flexibility index (Phi) is 2.80. The van der Waals surface area contributed by atoms with Gasteiger partial charge < -0.3 is 0 Å². The molecule has 0 saturated carbocycles. The summed E-state index contributed by atoms with van der Waals surface area (Å²) in [4.78, 5) is 1.86. The summed E-state index contributed by atoms with van der Waals surface area (Å²) >= 11 is 1.52. The van der Waals surface area contributed by atoms with Crippen molar-refractivity contribution in [1.29, 1.82) is 5.26 Å². The fraction of sp³-hybridized carbons (Fsp3) is 0.333. The van der Waals surface area contributed by atoms with Gasteiger partial charge in [-0.05, 0) is 18.1 Å². The van der Waals surface area contributed by atoms with Crippen LogP contribution in [0.4, 0.5) is 0 Å². The van der Waals surface area contributed by atoms with E-state index >= 15 is 0 Å². The molecule has 2 heterocycles. The molecule has 82 valence electrons. The fourth-order valence-corrected chi connectivity index (χ4v) is 2.49. The van der Waals surface area contributed by atoms with Crippen LogP contribution in [0.25, 0.3) is 10.4 Å². The Bertz CT molecular complexity index is 543. The Hall–Kier alpha value is -1.60. The monoisotopic (exact) mass is 231 g/mol. The second kappa shape index (κ2) is 4.11. The third-order valence-corrected chi connectivity index (χ3v) is 3.41. The molecule has 0 bridgehead atoms. The highest BCUT2D eigenvalue weighted by atomic mass is 32.1. The third-order valence-electron chi connectivity index (χ3n) is 2.39. The molecule has 2 aromatic rings. The predicted octanol–water partition coefficient (Wildman–Crippen LogP) is 3.14. The van der Waals surface area contributed by atoms with Crippen LogP contribution in [0.1, 0.15) is 30.3 Å². The van der Waals surface area contributed by atoms with E-state index in [2.05, 4.69) is 25.0 Å². The van der Waals surface area contributed by atoms with Gasteiger partial charge in [0.05, 0.1) is 5.69 Å². The summed E-state index contributed by atoms with van der Waals surface area (Å²) in [6.07, 6.45) is 2.02. The Morgan fingerprint density at radius 3 is 2.75 bits per heavy atom. The first-order chi connectivity index (χ1) is 7.61. The zero-order valence-corrected chi connectivity index (χ0v) is 10.4. The Labute approximate surface area is 99.0 Å². The minimum Gasteiger partial charge on any atom is -0.275 e. The van der Waals surface area contributed by atoms with Gasteiger partial charge in [-0.2, -0.15) is 10.4 Å². The molecule has 0 aliphatic heterocycles. The van der Waals surface area contributed by atoms with Gasteiger partial charge >= 0.3 is 0 Å². The summed E-state index contributed by atoms with van der Waals surface area (Å²) in [6, 6.07) is 6.01. The smallest absolute Gasteiger partial charge is 0.110 e. The van der Waals surface area contributed by atoms with Crippen LogP contribution in [0.5, 0.6) is 0 Å². The predicted molar refractivity (Wildman–Crippen MR) is 65.3 cm³/mol. The van der Waals surface area contributed by atoms with Gasteiger partial charge in [0.1, 0.15) is 10.9 Å². The fourth-order valence-electron chi connectivity index (χ4n) is 1.66. The highest BCUT2D eigenvalue weighted by Crippen LogP contribution is 2.32. The van der Waals surface area contributed by atoms with Crippen molar-refractivity contribution in [2.24, 2.45) is 7.05 Å².